The molecule has 3 amide bonds. The van der Waals surface area contributed by atoms with E-state index in [2.05, 4.69) is 20.9 Å². The first-order valence-electron chi connectivity index (χ1n) is 10.6. The van der Waals surface area contributed by atoms with Crippen molar-refractivity contribution >= 4 is 17.6 Å². The van der Waals surface area contributed by atoms with Gasteiger partial charge in [0, 0.05) is 25.3 Å². The van der Waals surface area contributed by atoms with Crippen LogP contribution in [0, 0.1) is 0 Å². The normalized spacial score (nSPS) is 24.8. The van der Waals surface area contributed by atoms with Gasteiger partial charge in [-0.25, -0.2) is 4.79 Å². The molecule has 9 nitrogen and oxygen atoms in total. The zero-order valence-electron chi connectivity index (χ0n) is 17.2. The Bertz CT molecular complexity index is 669. The Morgan fingerprint density at radius 3 is 2.63 bits per heavy atom. The first kappa shape index (κ1) is 22.5. The lowest BCUT2D eigenvalue weighted by Gasteiger charge is -2.36. The number of nitrogens with zero attached hydrogens (tertiary/aromatic N) is 1. The van der Waals surface area contributed by atoms with Crippen LogP contribution in [0.2, 0.25) is 0 Å². The lowest BCUT2D eigenvalue weighted by atomic mass is 9.97. The van der Waals surface area contributed by atoms with Crippen LogP contribution in [0.4, 0.5) is 10.5 Å². The third-order valence-electron chi connectivity index (χ3n) is 5.40. The third-order valence-corrected chi connectivity index (χ3v) is 5.40. The maximum atomic E-state index is 12.2. The summed E-state index contributed by atoms with van der Waals surface area (Å²) in [6, 6.07) is 8.62. The van der Waals surface area contributed by atoms with E-state index >= 15 is 0 Å². The highest BCUT2D eigenvalue weighted by molar-refractivity contribution is 5.89. The van der Waals surface area contributed by atoms with Gasteiger partial charge in [0.1, 0.15) is 6.10 Å². The summed E-state index contributed by atoms with van der Waals surface area (Å²) in [5.74, 6) is 0.00328. The van der Waals surface area contributed by atoms with E-state index in [0.29, 0.717) is 44.8 Å². The van der Waals surface area contributed by atoms with Crippen molar-refractivity contribution in [1.82, 2.24) is 15.5 Å². The van der Waals surface area contributed by atoms with Crippen LogP contribution in [-0.4, -0.2) is 86.2 Å². The number of amides is 3. The van der Waals surface area contributed by atoms with Crippen LogP contribution >= 0.6 is 0 Å². The Hall–Kier alpha value is -2.20. The summed E-state index contributed by atoms with van der Waals surface area (Å²) in [6.07, 6.45) is 1.62. The predicted molar refractivity (Wildman–Crippen MR) is 112 cm³/mol. The van der Waals surface area contributed by atoms with E-state index in [4.69, 9.17) is 9.47 Å². The fourth-order valence-corrected chi connectivity index (χ4v) is 3.76. The Morgan fingerprint density at radius 1 is 1.13 bits per heavy atom. The molecule has 0 bridgehead atoms. The van der Waals surface area contributed by atoms with Crippen molar-refractivity contribution in [3.63, 3.8) is 0 Å². The van der Waals surface area contributed by atoms with Gasteiger partial charge >= 0.3 is 6.03 Å². The van der Waals surface area contributed by atoms with E-state index in [9.17, 15) is 14.7 Å². The molecule has 166 valence electrons. The van der Waals surface area contributed by atoms with Crippen LogP contribution in [0.3, 0.4) is 0 Å². The fraction of sp³-hybridized carbons (Fsp3) is 0.619. The summed E-state index contributed by atoms with van der Waals surface area (Å²) < 4.78 is 11.2. The van der Waals surface area contributed by atoms with Gasteiger partial charge in [-0.3, -0.25) is 9.69 Å². The molecule has 9 heteroatoms. The molecule has 2 aliphatic rings. The molecule has 1 aromatic carbocycles. The molecule has 30 heavy (non-hydrogen) atoms. The second-order valence-corrected chi connectivity index (χ2v) is 7.65. The van der Waals surface area contributed by atoms with Crippen molar-refractivity contribution in [2.24, 2.45) is 0 Å². The molecule has 0 radical (unpaired) electrons. The van der Waals surface area contributed by atoms with Crippen LogP contribution in [0.15, 0.2) is 30.3 Å². The van der Waals surface area contributed by atoms with Crippen LogP contribution in [0.25, 0.3) is 0 Å². The molecule has 1 aromatic rings. The van der Waals surface area contributed by atoms with E-state index in [-0.39, 0.29) is 30.7 Å². The Kier molecular flexibility index (Phi) is 8.88. The van der Waals surface area contributed by atoms with Crippen LogP contribution < -0.4 is 16.0 Å². The van der Waals surface area contributed by atoms with Crippen molar-refractivity contribution in [2.45, 2.75) is 37.5 Å². The average molecular weight is 421 g/mol. The SMILES string of the molecule is O=C(CN1CCOCC1)NCC[C@H]1CC[C@@H](NC(=O)Nc2ccccc2)[C@H](CO)O1. The number of anilines is 1. The Labute approximate surface area is 177 Å². The number of carbonyl (C=O) groups excluding carboxylic acids is 2. The van der Waals surface area contributed by atoms with Crippen molar-refractivity contribution in [3.05, 3.63) is 30.3 Å². The number of urea groups is 1. The maximum Gasteiger partial charge on any atom is 0.319 e. The predicted octanol–water partition coefficient (Wildman–Crippen LogP) is 0.555. The number of aliphatic hydroxyl groups is 1. The standard InChI is InChI=1S/C21H32N4O5/c26-15-19-18(24-21(28)23-16-4-2-1-3-5-16)7-6-17(30-19)8-9-22-20(27)14-25-10-12-29-13-11-25/h1-5,17-19,26H,6-15H2,(H,22,27)(H2,23,24,28)/t17-,18-,19+/m1/s1. The smallest absolute Gasteiger partial charge is 0.319 e. The molecule has 3 rings (SSSR count). The number of para-hydroxylation sites is 1. The highest BCUT2D eigenvalue weighted by Gasteiger charge is 2.31. The van der Waals surface area contributed by atoms with Gasteiger partial charge in [-0.1, -0.05) is 18.2 Å². The maximum absolute atomic E-state index is 12.2. The Balaban J connectivity index is 1.35. The van der Waals surface area contributed by atoms with Crippen molar-refractivity contribution < 1.29 is 24.2 Å². The summed E-state index contributed by atoms with van der Waals surface area (Å²) in [4.78, 5) is 26.4. The lowest BCUT2D eigenvalue weighted by Crippen LogP contribution is -2.52. The van der Waals surface area contributed by atoms with Crippen LogP contribution in [-0.2, 0) is 14.3 Å². The monoisotopic (exact) mass is 420 g/mol. The van der Waals surface area contributed by atoms with Crippen molar-refractivity contribution in [3.8, 4) is 0 Å². The van der Waals surface area contributed by atoms with E-state index in [1.807, 2.05) is 30.3 Å². The highest BCUT2D eigenvalue weighted by atomic mass is 16.5. The van der Waals surface area contributed by atoms with Crippen LogP contribution in [0.5, 0.6) is 0 Å². The first-order valence-corrected chi connectivity index (χ1v) is 10.6. The minimum absolute atomic E-state index is 0.00328. The number of ether oxygens (including phenoxy) is 2. The zero-order valence-corrected chi connectivity index (χ0v) is 17.2. The van der Waals surface area contributed by atoms with Crippen molar-refractivity contribution in [1.29, 1.82) is 0 Å². The van der Waals surface area contributed by atoms with E-state index in [1.165, 1.54) is 0 Å². The largest absolute Gasteiger partial charge is 0.394 e. The number of benzene rings is 1. The van der Waals surface area contributed by atoms with Gasteiger partial charge in [0.25, 0.3) is 0 Å². The highest BCUT2D eigenvalue weighted by Crippen LogP contribution is 2.22. The average Bonchev–Trinajstić information content (AvgIpc) is 2.76. The molecule has 0 aromatic heterocycles. The quantitative estimate of drug-likeness (QED) is 0.489. The second-order valence-electron chi connectivity index (χ2n) is 7.65. The van der Waals surface area contributed by atoms with E-state index < -0.39 is 6.10 Å². The van der Waals surface area contributed by atoms with Crippen LogP contribution in [0.1, 0.15) is 19.3 Å². The molecule has 4 N–H and O–H groups in total. The number of carbonyl (C=O) groups is 2. The third kappa shape index (κ3) is 7.24. The molecule has 0 unspecified atom stereocenters. The molecule has 3 atom stereocenters. The molecule has 2 fully saturated rings. The second kappa shape index (κ2) is 11.8. The van der Waals surface area contributed by atoms with E-state index in [1.54, 1.807) is 0 Å². The summed E-state index contributed by atoms with van der Waals surface area (Å²) in [6.45, 7) is 3.65. The zero-order chi connectivity index (χ0) is 21.2. The van der Waals surface area contributed by atoms with Gasteiger partial charge in [0.2, 0.25) is 5.91 Å². The first-order chi connectivity index (χ1) is 14.6. The number of hydrogen-bond acceptors (Lipinski definition) is 6. The topological polar surface area (TPSA) is 112 Å². The summed E-state index contributed by atoms with van der Waals surface area (Å²) in [5, 5.41) is 18.3. The molecule has 2 aliphatic heterocycles. The van der Waals surface area contributed by atoms with Gasteiger partial charge in [-0.15, -0.1) is 0 Å². The number of nitrogens with one attached hydrogen (secondary N) is 3. The van der Waals surface area contributed by atoms with Gasteiger partial charge in [0.05, 0.1) is 38.5 Å². The summed E-state index contributed by atoms with van der Waals surface area (Å²) in [5.41, 5.74) is 0.706. The van der Waals surface area contributed by atoms with Gasteiger partial charge in [0.15, 0.2) is 0 Å². The molecular formula is C21H32N4O5. The summed E-state index contributed by atoms with van der Waals surface area (Å²) >= 11 is 0. The minimum atomic E-state index is -0.464. The van der Waals surface area contributed by atoms with Crippen molar-refractivity contribution in [2.75, 3.05) is 51.3 Å². The lowest BCUT2D eigenvalue weighted by molar-refractivity contribution is -0.123. The van der Waals surface area contributed by atoms with Gasteiger partial charge in [-0.05, 0) is 31.4 Å². The molecule has 2 saturated heterocycles. The number of morpholine rings is 1. The number of hydrogen-bond donors (Lipinski definition) is 4. The summed E-state index contributed by atoms with van der Waals surface area (Å²) in [7, 11) is 0. The Morgan fingerprint density at radius 2 is 1.90 bits per heavy atom. The van der Waals surface area contributed by atoms with E-state index in [0.717, 1.165) is 19.5 Å². The minimum Gasteiger partial charge on any atom is -0.394 e. The number of aliphatic hydroxyl groups excluding tert-OH is 1. The fourth-order valence-electron chi connectivity index (χ4n) is 3.76. The molecular weight excluding hydrogens is 388 g/mol. The number of rotatable bonds is 8. The molecule has 0 saturated carbocycles. The molecule has 2 heterocycles. The van der Waals surface area contributed by atoms with Gasteiger partial charge < -0.3 is 30.5 Å². The van der Waals surface area contributed by atoms with Gasteiger partial charge in [-0.2, -0.15) is 0 Å². The molecule has 0 aliphatic carbocycles. The molecule has 0 spiro atoms.